The molecular weight excluding hydrogens is 563 g/mol. The van der Waals surface area contributed by atoms with Crippen LogP contribution in [-0.2, 0) is 19.1 Å². The van der Waals surface area contributed by atoms with Gasteiger partial charge >= 0.3 is 5.97 Å². The number of benzene rings is 2. The number of thioether (sulfide) groups is 1. The number of rotatable bonds is 7. The number of ether oxygens (including phenoxy) is 1. The van der Waals surface area contributed by atoms with Crippen molar-refractivity contribution in [2.45, 2.75) is 25.7 Å². The summed E-state index contributed by atoms with van der Waals surface area (Å²) in [6.07, 6.45) is 4.46. The Morgan fingerprint density at radius 2 is 1.87 bits per heavy atom. The summed E-state index contributed by atoms with van der Waals surface area (Å²) in [6, 6.07) is 10.9. The van der Waals surface area contributed by atoms with E-state index in [1.807, 2.05) is 0 Å². The first kappa shape index (κ1) is 28.8. The highest BCUT2D eigenvalue weighted by Gasteiger charge is 2.36. The molecular formula is C27H26Cl2N4O5S. The summed E-state index contributed by atoms with van der Waals surface area (Å²) in [5.41, 5.74) is 1.07. The van der Waals surface area contributed by atoms with Crippen LogP contribution in [0.25, 0.3) is 0 Å². The lowest BCUT2D eigenvalue weighted by Crippen LogP contribution is -2.29. The average Bonchev–Trinajstić information content (AvgIpc) is 3.22. The third-order valence-corrected chi connectivity index (χ3v) is 7.78. The fraction of sp³-hybridized carbons (Fsp3) is 0.296. The Morgan fingerprint density at radius 1 is 1.15 bits per heavy atom. The van der Waals surface area contributed by atoms with E-state index in [1.165, 1.54) is 30.2 Å². The smallest absolute Gasteiger partial charge is 0.331 e. The van der Waals surface area contributed by atoms with Gasteiger partial charge in [0.05, 0.1) is 28.3 Å². The fourth-order valence-electron chi connectivity index (χ4n) is 4.18. The van der Waals surface area contributed by atoms with E-state index in [2.05, 4.69) is 20.4 Å². The summed E-state index contributed by atoms with van der Waals surface area (Å²) in [6.45, 7) is 1.98. The number of methoxy groups -OCH3 is 1. The number of hydrogen-bond acceptors (Lipinski definition) is 7. The maximum Gasteiger partial charge on any atom is 0.331 e. The molecule has 0 spiro atoms. The van der Waals surface area contributed by atoms with E-state index in [4.69, 9.17) is 23.2 Å². The normalized spacial score (nSPS) is 18.0. The van der Waals surface area contributed by atoms with Gasteiger partial charge in [-0.2, -0.15) is 4.99 Å². The molecule has 204 valence electrons. The molecule has 9 nitrogen and oxygen atoms in total. The Morgan fingerprint density at radius 3 is 2.54 bits per heavy atom. The molecule has 0 unspecified atom stereocenters. The summed E-state index contributed by atoms with van der Waals surface area (Å²) >= 11 is 12.9. The molecule has 0 saturated carbocycles. The van der Waals surface area contributed by atoms with Gasteiger partial charge in [0, 0.05) is 23.2 Å². The lowest BCUT2D eigenvalue weighted by atomic mass is 9.93. The average molecular weight is 590 g/mol. The van der Waals surface area contributed by atoms with E-state index in [0.29, 0.717) is 28.7 Å². The number of carbonyl (C=O) groups is 4. The number of amidine groups is 1. The summed E-state index contributed by atoms with van der Waals surface area (Å²) < 4.78 is 4.65. The zero-order valence-corrected chi connectivity index (χ0v) is 23.4. The Labute approximate surface area is 240 Å². The van der Waals surface area contributed by atoms with Crippen LogP contribution in [-0.4, -0.2) is 49.1 Å². The number of nitrogens with zero attached hydrogens (tertiary/aromatic N) is 2. The number of halogens is 2. The minimum atomic E-state index is -0.721. The van der Waals surface area contributed by atoms with Gasteiger partial charge in [-0.3, -0.25) is 19.3 Å². The minimum Gasteiger partial charge on any atom is -0.466 e. The molecule has 0 radical (unpaired) electrons. The second kappa shape index (κ2) is 13.3. The van der Waals surface area contributed by atoms with E-state index in [-0.39, 0.29) is 26.6 Å². The van der Waals surface area contributed by atoms with Crippen LogP contribution in [0.1, 0.15) is 36.0 Å². The van der Waals surface area contributed by atoms with Crippen molar-refractivity contribution in [3.05, 3.63) is 69.1 Å². The molecule has 0 aliphatic carbocycles. The first-order valence-corrected chi connectivity index (χ1v) is 13.8. The van der Waals surface area contributed by atoms with Crippen LogP contribution in [0.5, 0.6) is 0 Å². The zero-order chi connectivity index (χ0) is 27.9. The Bertz CT molecular complexity index is 1340. The number of piperidine rings is 1. The standard InChI is InChI=1S/C27H26Cl2N4O5S/c1-38-24(35)15-22-26(37)33(27(39-22)32-25(36)20-8-3-17(28)14-21(20)29)19-6-4-18(5-7-19)31-23(34)9-2-16-10-12-30-13-11-16/h3-8,14-16,30H,2,9-13H2,1H3,(H,31,34). The summed E-state index contributed by atoms with van der Waals surface area (Å²) in [5.74, 6) is -1.49. The van der Waals surface area contributed by atoms with Crippen molar-refractivity contribution in [1.29, 1.82) is 0 Å². The van der Waals surface area contributed by atoms with Crippen LogP contribution < -0.4 is 15.5 Å². The van der Waals surface area contributed by atoms with Crippen LogP contribution in [0.2, 0.25) is 10.0 Å². The lowest BCUT2D eigenvalue weighted by Gasteiger charge is -2.22. The molecule has 2 aromatic carbocycles. The molecule has 3 amide bonds. The monoisotopic (exact) mass is 588 g/mol. The number of hydrogen-bond donors (Lipinski definition) is 2. The second-order valence-electron chi connectivity index (χ2n) is 8.93. The molecule has 2 saturated heterocycles. The fourth-order valence-corrected chi connectivity index (χ4v) is 5.60. The molecule has 2 heterocycles. The molecule has 2 aliphatic heterocycles. The third kappa shape index (κ3) is 7.48. The van der Waals surface area contributed by atoms with Crippen LogP contribution in [0.4, 0.5) is 11.4 Å². The molecule has 2 N–H and O–H groups in total. The zero-order valence-electron chi connectivity index (χ0n) is 21.0. The van der Waals surface area contributed by atoms with Gasteiger partial charge in [0.15, 0.2) is 5.17 Å². The van der Waals surface area contributed by atoms with Crippen LogP contribution in [0.3, 0.4) is 0 Å². The van der Waals surface area contributed by atoms with Crippen LogP contribution in [0.15, 0.2) is 58.4 Å². The molecule has 2 aromatic rings. The van der Waals surface area contributed by atoms with Gasteiger partial charge in [-0.1, -0.05) is 23.2 Å². The molecule has 0 aromatic heterocycles. The van der Waals surface area contributed by atoms with Gasteiger partial charge in [-0.05, 0) is 92.5 Å². The highest BCUT2D eigenvalue weighted by molar-refractivity contribution is 8.19. The van der Waals surface area contributed by atoms with Gasteiger partial charge in [-0.15, -0.1) is 0 Å². The molecule has 2 aliphatic rings. The number of esters is 1. The highest BCUT2D eigenvalue weighted by Crippen LogP contribution is 2.36. The van der Waals surface area contributed by atoms with E-state index in [0.717, 1.165) is 50.2 Å². The van der Waals surface area contributed by atoms with Crippen molar-refractivity contribution in [2.75, 3.05) is 30.4 Å². The van der Waals surface area contributed by atoms with Gasteiger partial charge in [0.25, 0.3) is 11.8 Å². The van der Waals surface area contributed by atoms with Crippen molar-refractivity contribution < 1.29 is 23.9 Å². The summed E-state index contributed by atoms with van der Waals surface area (Å²) in [5, 5.41) is 6.71. The number of anilines is 2. The topological polar surface area (TPSA) is 117 Å². The van der Waals surface area contributed by atoms with Gasteiger partial charge < -0.3 is 15.4 Å². The van der Waals surface area contributed by atoms with Gasteiger partial charge in [0.2, 0.25) is 5.91 Å². The Balaban J connectivity index is 1.53. The number of carbonyl (C=O) groups excluding carboxylic acids is 4. The van der Waals surface area contributed by atoms with Gasteiger partial charge in [-0.25, -0.2) is 4.79 Å². The van der Waals surface area contributed by atoms with Crippen LogP contribution >= 0.6 is 35.0 Å². The number of nitrogens with one attached hydrogen (secondary N) is 2. The molecule has 12 heteroatoms. The van der Waals surface area contributed by atoms with E-state index in [1.54, 1.807) is 24.3 Å². The van der Waals surface area contributed by atoms with E-state index in [9.17, 15) is 19.2 Å². The predicted molar refractivity (Wildman–Crippen MR) is 153 cm³/mol. The Kier molecular flexibility index (Phi) is 9.79. The van der Waals surface area contributed by atoms with E-state index >= 15 is 0 Å². The third-order valence-electron chi connectivity index (χ3n) is 6.26. The van der Waals surface area contributed by atoms with Crippen molar-refractivity contribution >= 4 is 75.2 Å². The predicted octanol–water partition coefficient (Wildman–Crippen LogP) is 5.04. The summed E-state index contributed by atoms with van der Waals surface area (Å²) in [7, 11) is 1.20. The molecule has 2 fully saturated rings. The van der Waals surface area contributed by atoms with Crippen molar-refractivity contribution in [1.82, 2.24) is 5.32 Å². The van der Waals surface area contributed by atoms with E-state index < -0.39 is 17.8 Å². The first-order chi connectivity index (χ1) is 18.7. The molecule has 0 bridgehead atoms. The van der Waals surface area contributed by atoms with Crippen molar-refractivity contribution in [3.8, 4) is 0 Å². The highest BCUT2D eigenvalue weighted by atomic mass is 35.5. The quantitative estimate of drug-likeness (QED) is 0.343. The number of aliphatic imine (C=N–C) groups is 1. The SMILES string of the molecule is COC(=O)C=C1SC(=NC(=O)c2ccc(Cl)cc2Cl)N(c2ccc(NC(=O)CCC3CCNCC3)cc2)C1=O. The minimum absolute atomic E-state index is 0.0323. The molecule has 0 atom stereocenters. The van der Waals surface area contributed by atoms with Crippen LogP contribution in [0, 0.1) is 5.92 Å². The molecule has 4 rings (SSSR count). The number of amides is 3. The maximum atomic E-state index is 13.2. The molecule has 39 heavy (non-hydrogen) atoms. The second-order valence-corrected chi connectivity index (χ2v) is 10.8. The lowest BCUT2D eigenvalue weighted by molar-refractivity contribution is -0.135. The largest absolute Gasteiger partial charge is 0.466 e. The van der Waals surface area contributed by atoms with Gasteiger partial charge in [0.1, 0.15) is 0 Å². The Hall–Kier alpha value is -3.18. The maximum absolute atomic E-state index is 13.2. The van der Waals surface area contributed by atoms with Crippen molar-refractivity contribution in [3.63, 3.8) is 0 Å². The summed E-state index contributed by atoms with van der Waals surface area (Å²) in [4.78, 5) is 55.8. The van der Waals surface area contributed by atoms with Crippen molar-refractivity contribution in [2.24, 2.45) is 10.9 Å². The first-order valence-electron chi connectivity index (χ1n) is 12.3.